The number of aliphatic hydroxyl groups excluding tert-OH is 1. The molecule has 3 heteroatoms. The Labute approximate surface area is 126 Å². The molecule has 2 aromatic rings. The molecule has 1 aliphatic rings. The predicted octanol–water partition coefficient (Wildman–Crippen LogP) is 3.28. The van der Waals surface area contributed by atoms with E-state index in [4.69, 9.17) is 0 Å². The maximum atomic E-state index is 10.2. The molecular formula is C18H24N2O. The zero-order valence-electron chi connectivity index (χ0n) is 12.9. The van der Waals surface area contributed by atoms with E-state index in [1.165, 1.54) is 17.4 Å². The molecule has 0 amide bonds. The highest BCUT2D eigenvalue weighted by atomic mass is 16.3. The fourth-order valence-electron chi connectivity index (χ4n) is 3.52. The van der Waals surface area contributed by atoms with Gasteiger partial charge >= 0.3 is 0 Å². The van der Waals surface area contributed by atoms with E-state index in [0.29, 0.717) is 0 Å². The Morgan fingerprint density at radius 1 is 1.24 bits per heavy atom. The highest BCUT2D eigenvalue weighted by Gasteiger charge is 2.26. The van der Waals surface area contributed by atoms with Crippen molar-refractivity contribution in [3.8, 4) is 0 Å². The number of nitrogens with zero attached hydrogens (tertiary/aromatic N) is 2. The van der Waals surface area contributed by atoms with Gasteiger partial charge in [0.2, 0.25) is 0 Å². The molecule has 0 saturated heterocycles. The number of hydrogen-bond acceptors (Lipinski definition) is 3. The summed E-state index contributed by atoms with van der Waals surface area (Å²) in [7, 11) is 2.13. The van der Waals surface area contributed by atoms with Crippen LogP contribution in [-0.4, -0.2) is 34.2 Å². The van der Waals surface area contributed by atoms with Crippen LogP contribution in [0, 0.1) is 6.92 Å². The summed E-state index contributed by atoms with van der Waals surface area (Å²) in [6, 6.07) is 10.8. The molecule has 1 saturated carbocycles. The minimum Gasteiger partial charge on any atom is -0.391 e. The first kappa shape index (κ1) is 14.5. The van der Waals surface area contributed by atoms with Crippen molar-refractivity contribution in [2.75, 3.05) is 7.05 Å². The summed E-state index contributed by atoms with van der Waals surface area (Å²) in [5.74, 6) is 0. The number of para-hydroxylation sites is 1. The van der Waals surface area contributed by atoms with Crippen LogP contribution in [0.4, 0.5) is 0 Å². The van der Waals surface area contributed by atoms with Crippen LogP contribution in [0.15, 0.2) is 30.3 Å². The van der Waals surface area contributed by atoms with Crippen LogP contribution >= 0.6 is 0 Å². The minimum absolute atomic E-state index is 0.182. The third kappa shape index (κ3) is 3.09. The van der Waals surface area contributed by atoms with Gasteiger partial charge in [-0.15, -0.1) is 0 Å². The molecule has 0 spiro atoms. The summed E-state index contributed by atoms with van der Waals surface area (Å²) in [6.07, 6.45) is 4.23. The molecule has 1 aromatic carbocycles. The van der Waals surface area contributed by atoms with Crippen molar-refractivity contribution < 1.29 is 5.11 Å². The smallest absolute Gasteiger partial charge is 0.0708 e. The van der Waals surface area contributed by atoms with Gasteiger partial charge in [0.05, 0.1) is 11.6 Å². The van der Waals surface area contributed by atoms with E-state index in [1.807, 2.05) is 13.0 Å². The lowest BCUT2D eigenvalue weighted by Crippen LogP contribution is -2.42. The number of rotatable bonds is 3. The average molecular weight is 284 g/mol. The number of hydrogen-bond donors (Lipinski definition) is 1. The fraction of sp³-hybridized carbons (Fsp3) is 0.500. The number of fused-ring (bicyclic) bond motifs is 1. The third-order valence-electron chi connectivity index (χ3n) is 4.61. The third-order valence-corrected chi connectivity index (χ3v) is 4.61. The van der Waals surface area contributed by atoms with Crippen LogP contribution in [0.2, 0.25) is 0 Å². The summed E-state index contributed by atoms with van der Waals surface area (Å²) in [5.41, 5.74) is 3.42. The molecule has 1 aromatic heterocycles. The number of aromatic nitrogens is 1. The second-order valence-electron chi connectivity index (χ2n) is 6.27. The Balaban J connectivity index is 1.87. The highest BCUT2D eigenvalue weighted by molar-refractivity contribution is 5.82. The van der Waals surface area contributed by atoms with E-state index in [0.717, 1.165) is 37.0 Å². The molecule has 2 unspecified atom stereocenters. The van der Waals surface area contributed by atoms with Gasteiger partial charge < -0.3 is 5.11 Å². The van der Waals surface area contributed by atoms with Gasteiger partial charge in [-0.2, -0.15) is 0 Å². The molecule has 0 radical (unpaired) electrons. The summed E-state index contributed by atoms with van der Waals surface area (Å²) >= 11 is 0. The number of aliphatic hydroxyl groups is 1. The molecule has 0 aliphatic heterocycles. The number of benzene rings is 1. The van der Waals surface area contributed by atoms with Crippen molar-refractivity contribution in [2.24, 2.45) is 0 Å². The van der Waals surface area contributed by atoms with Gasteiger partial charge in [0.1, 0.15) is 0 Å². The van der Waals surface area contributed by atoms with Crippen molar-refractivity contribution in [3.05, 3.63) is 41.6 Å². The van der Waals surface area contributed by atoms with Crippen LogP contribution in [0.3, 0.4) is 0 Å². The maximum absolute atomic E-state index is 10.2. The molecule has 3 rings (SSSR count). The lowest BCUT2D eigenvalue weighted by molar-refractivity contribution is 0.0290. The Kier molecular flexibility index (Phi) is 4.22. The lowest BCUT2D eigenvalue weighted by Gasteiger charge is -2.35. The first-order valence-electron chi connectivity index (χ1n) is 7.89. The monoisotopic (exact) mass is 284 g/mol. The molecule has 1 aliphatic carbocycles. The van der Waals surface area contributed by atoms with E-state index in [9.17, 15) is 5.11 Å². The van der Waals surface area contributed by atoms with Crippen LogP contribution in [-0.2, 0) is 6.54 Å². The molecule has 21 heavy (non-hydrogen) atoms. The predicted molar refractivity (Wildman–Crippen MR) is 86.2 cm³/mol. The molecular weight excluding hydrogens is 260 g/mol. The zero-order valence-corrected chi connectivity index (χ0v) is 12.9. The Morgan fingerprint density at radius 3 is 2.81 bits per heavy atom. The maximum Gasteiger partial charge on any atom is 0.0708 e. The van der Waals surface area contributed by atoms with Gasteiger partial charge in [-0.1, -0.05) is 31.0 Å². The molecule has 112 valence electrons. The topological polar surface area (TPSA) is 36.4 Å². The molecule has 0 bridgehead atoms. The van der Waals surface area contributed by atoms with Crippen molar-refractivity contribution in [1.82, 2.24) is 9.88 Å². The summed E-state index contributed by atoms with van der Waals surface area (Å²) in [4.78, 5) is 6.91. The van der Waals surface area contributed by atoms with Gasteiger partial charge in [0, 0.05) is 23.7 Å². The Bertz CT molecular complexity index is 626. The van der Waals surface area contributed by atoms with Gasteiger partial charge in [-0.25, -0.2) is 0 Å². The van der Waals surface area contributed by atoms with Crippen molar-refractivity contribution in [2.45, 2.75) is 51.3 Å². The standard InChI is InChI=1S/C18H24N2O/c1-13-11-14(15-7-3-4-8-16(15)19-13)12-20(2)17-9-5-6-10-18(17)21/h3-4,7-8,11,17-18,21H,5-6,9-10,12H2,1-2H3. The quantitative estimate of drug-likeness (QED) is 0.939. The van der Waals surface area contributed by atoms with Gasteiger partial charge in [0.25, 0.3) is 0 Å². The van der Waals surface area contributed by atoms with E-state index in [2.05, 4.69) is 41.2 Å². The van der Waals surface area contributed by atoms with Crippen LogP contribution in [0.5, 0.6) is 0 Å². The lowest BCUT2D eigenvalue weighted by atomic mass is 9.91. The van der Waals surface area contributed by atoms with Gasteiger partial charge in [-0.3, -0.25) is 9.88 Å². The largest absolute Gasteiger partial charge is 0.391 e. The second-order valence-corrected chi connectivity index (χ2v) is 6.27. The zero-order chi connectivity index (χ0) is 14.8. The molecule has 1 heterocycles. The SMILES string of the molecule is Cc1cc(CN(C)C2CCCCC2O)c2ccccc2n1. The Hall–Kier alpha value is -1.45. The summed E-state index contributed by atoms with van der Waals surface area (Å²) < 4.78 is 0. The van der Waals surface area contributed by atoms with Gasteiger partial charge in [-0.05, 0) is 44.5 Å². The molecule has 1 N–H and O–H groups in total. The number of likely N-dealkylation sites (N-methyl/N-ethyl adjacent to an activating group) is 1. The normalized spacial score (nSPS) is 22.9. The average Bonchev–Trinajstić information content (AvgIpc) is 2.47. The van der Waals surface area contributed by atoms with Crippen LogP contribution in [0.1, 0.15) is 36.9 Å². The Morgan fingerprint density at radius 2 is 2.00 bits per heavy atom. The molecule has 1 fully saturated rings. The molecule has 3 nitrogen and oxygen atoms in total. The van der Waals surface area contributed by atoms with Crippen LogP contribution < -0.4 is 0 Å². The first-order valence-corrected chi connectivity index (χ1v) is 7.89. The molecule has 2 atom stereocenters. The van der Waals surface area contributed by atoms with E-state index < -0.39 is 0 Å². The number of pyridine rings is 1. The van der Waals surface area contributed by atoms with E-state index in [1.54, 1.807) is 0 Å². The summed E-state index contributed by atoms with van der Waals surface area (Å²) in [6.45, 7) is 2.91. The van der Waals surface area contributed by atoms with Crippen molar-refractivity contribution in [3.63, 3.8) is 0 Å². The van der Waals surface area contributed by atoms with Crippen molar-refractivity contribution >= 4 is 10.9 Å². The van der Waals surface area contributed by atoms with Crippen LogP contribution in [0.25, 0.3) is 10.9 Å². The first-order chi connectivity index (χ1) is 10.1. The minimum atomic E-state index is -0.182. The van der Waals surface area contributed by atoms with Gasteiger partial charge in [0.15, 0.2) is 0 Å². The fourth-order valence-corrected chi connectivity index (χ4v) is 3.52. The van der Waals surface area contributed by atoms with Crippen molar-refractivity contribution in [1.29, 1.82) is 0 Å². The number of aryl methyl sites for hydroxylation is 1. The van der Waals surface area contributed by atoms with E-state index >= 15 is 0 Å². The second kappa shape index (κ2) is 6.12. The highest BCUT2D eigenvalue weighted by Crippen LogP contribution is 2.25. The summed E-state index contributed by atoms with van der Waals surface area (Å²) in [5, 5.41) is 11.5. The van der Waals surface area contributed by atoms with E-state index in [-0.39, 0.29) is 12.1 Å².